The van der Waals surface area contributed by atoms with Crippen molar-refractivity contribution < 1.29 is 13.9 Å². The summed E-state index contributed by atoms with van der Waals surface area (Å²) in [6.07, 6.45) is 3.58. The molecule has 1 amide bonds. The molecule has 0 bridgehead atoms. The number of carbonyl (C=O) groups is 1. The molecule has 1 atom stereocenters. The van der Waals surface area contributed by atoms with Crippen molar-refractivity contribution in [3.05, 3.63) is 106 Å². The first-order valence-corrected chi connectivity index (χ1v) is 10.3. The minimum atomic E-state index is -0.350. The summed E-state index contributed by atoms with van der Waals surface area (Å²) in [5.41, 5.74) is 1.34. The highest BCUT2D eigenvalue weighted by molar-refractivity contribution is 7.10. The van der Waals surface area contributed by atoms with Crippen LogP contribution in [0.4, 0.5) is 4.39 Å². The van der Waals surface area contributed by atoms with Crippen molar-refractivity contribution in [2.24, 2.45) is 7.05 Å². The molecule has 5 nitrogen and oxygen atoms in total. The van der Waals surface area contributed by atoms with Gasteiger partial charge in [-0.3, -0.25) is 4.79 Å². The molecule has 0 spiro atoms. The molecule has 152 valence electrons. The summed E-state index contributed by atoms with van der Waals surface area (Å²) in [6.45, 7) is 0.347. The van der Waals surface area contributed by atoms with E-state index in [4.69, 9.17) is 4.74 Å². The molecule has 7 heteroatoms. The second kappa shape index (κ2) is 8.92. The van der Waals surface area contributed by atoms with Crippen LogP contribution in [0.25, 0.3) is 0 Å². The smallest absolute Gasteiger partial charge is 0.252 e. The van der Waals surface area contributed by atoms with Crippen LogP contribution in [-0.4, -0.2) is 15.5 Å². The molecular formula is C23H20FN3O2S. The summed E-state index contributed by atoms with van der Waals surface area (Å²) < 4.78 is 21.0. The zero-order valence-corrected chi connectivity index (χ0v) is 17.1. The predicted octanol–water partition coefficient (Wildman–Crippen LogP) is 4.72. The number of amides is 1. The van der Waals surface area contributed by atoms with E-state index >= 15 is 0 Å². The number of thiophene rings is 1. The molecule has 2 heterocycles. The van der Waals surface area contributed by atoms with Crippen LogP contribution in [0.1, 0.15) is 32.7 Å². The number of nitrogens with zero attached hydrogens (tertiary/aromatic N) is 2. The number of benzene rings is 2. The summed E-state index contributed by atoms with van der Waals surface area (Å²) in [4.78, 5) is 18.1. The largest absolute Gasteiger partial charge is 0.486 e. The van der Waals surface area contributed by atoms with Crippen LogP contribution in [0.2, 0.25) is 0 Å². The Kier molecular flexibility index (Phi) is 5.90. The third-order valence-electron chi connectivity index (χ3n) is 4.71. The topological polar surface area (TPSA) is 56.2 Å². The highest BCUT2D eigenvalue weighted by atomic mass is 32.1. The van der Waals surface area contributed by atoms with E-state index < -0.39 is 0 Å². The minimum Gasteiger partial charge on any atom is -0.486 e. The van der Waals surface area contributed by atoms with Crippen LogP contribution in [0.5, 0.6) is 5.75 Å². The highest BCUT2D eigenvalue weighted by Crippen LogP contribution is 2.27. The number of halogens is 1. The Morgan fingerprint density at radius 3 is 2.57 bits per heavy atom. The Balaban J connectivity index is 1.46. The molecule has 2 aromatic carbocycles. The van der Waals surface area contributed by atoms with Crippen molar-refractivity contribution in [1.82, 2.24) is 14.9 Å². The van der Waals surface area contributed by atoms with Crippen LogP contribution in [0.3, 0.4) is 0 Å². The first-order chi connectivity index (χ1) is 14.6. The lowest BCUT2D eigenvalue weighted by Gasteiger charge is -2.18. The first kappa shape index (κ1) is 19.8. The molecular weight excluding hydrogens is 401 g/mol. The Bertz CT molecular complexity index is 1110. The zero-order valence-electron chi connectivity index (χ0n) is 16.3. The van der Waals surface area contributed by atoms with Gasteiger partial charge in [0.1, 0.15) is 24.0 Å². The maximum absolute atomic E-state index is 13.3. The summed E-state index contributed by atoms with van der Waals surface area (Å²) in [6, 6.07) is 16.7. The standard InChI is InChI=1S/C23H20FN3O2S/c1-27-13-12-25-21(27)15-29-19-10-6-17(7-11-19)23(28)26-22(20-3-2-14-30-20)16-4-8-18(24)9-5-16/h2-14,22H,15H2,1H3,(H,26,28). The van der Waals surface area contributed by atoms with Gasteiger partial charge in [-0.25, -0.2) is 9.37 Å². The van der Waals surface area contributed by atoms with Gasteiger partial charge in [0.2, 0.25) is 0 Å². The molecule has 0 aliphatic heterocycles. The number of aryl methyl sites for hydroxylation is 1. The van der Waals surface area contributed by atoms with E-state index in [2.05, 4.69) is 10.3 Å². The van der Waals surface area contributed by atoms with Gasteiger partial charge in [-0.2, -0.15) is 0 Å². The van der Waals surface area contributed by atoms with Crippen molar-refractivity contribution in [3.63, 3.8) is 0 Å². The van der Waals surface area contributed by atoms with E-state index in [0.29, 0.717) is 17.9 Å². The second-order valence-corrected chi connectivity index (χ2v) is 7.72. The zero-order chi connectivity index (χ0) is 20.9. The summed E-state index contributed by atoms with van der Waals surface area (Å²) >= 11 is 1.54. The number of nitrogens with one attached hydrogen (secondary N) is 1. The summed E-state index contributed by atoms with van der Waals surface area (Å²) in [7, 11) is 1.91. The maximum atomic E-state index is 13.3. The van der Waals surface area contributed by atoms with Crippen molar-refractivity contribution in [1.29, 1.82) is 0 Å². The first-order valence-electron chi connectivity index (χ1n) is 9.39. The highest BCUT2D eigenvalue weighted by Gasteiger charge is 2.19. The fraction of sp³-hybridized carbons (Fsp3) is 0.130. The van der Waals surface area contributed by atoms with Crippen LogP contribution in [0.15, 0.2) is 78.4 Å². The SMILES string of the molecule is Cn1ccnc1COc1ccc(C(=O)NC(c2ccc(F)cc2)c2cccs2)cc1. The average molecular weight is 421 g/mol. The van der Waals surface area contributed by atoms with E-state index in [9.17, 15) is 9.18 Å². The molecule has 4 aromatic rings. The summed E-state index contributed by atoms with van der Waals surface area (Å²) in [5.74, 6) is 0.947. The van der Waals surface area contributed by atoms with Crippen molar-refractivity contribution in [3.8, 4) is 5.75 Å². The Morgan fingerprint density at radius 1 is 1.17 bits per heavy atom. The molecule has 2 aromatic heterocycles. The van der Waals surface area contributed by atoms with Gasteiger partial charge in [-0.05, 0) is 53.4 Å². The van der Waals surface area contributed by atoms with Crippen molar-refractivity contribution in [2.45, 2.75) is 12.6 Å². The van der Waals surface area contributed by atoms with Gasteiger partial charge in [0.05, 0.1) is 6.04 Å². The number of hydrogen-bond donors (Lipinski definition) is 1. The van der Waals surface area contributed by atoms with Crippen LogP contribution < -0.4 is 10.1 Å². The van der Waals surface area contributed by atoms with Gasteiger partial charge in [-0.15, -0.1) is 11.3 Å². The normalized spacial score (nSPS) is 11.8. The third kappa shape index (κ3) is 4.58. The lowest BCUT2D eigenvalue weighted by atomic mass is 10.0. The molecule has 0 aliphatic rings. The van der Waals surface area contributed by atoms with Crippen LogP contribution in [0, 0.1) is 5.82 Å². The van der Waals surface area contributed by atoms with E-state index in [-0.39, 0.29) is 17.8 Å². The molecule has 0 saturated carbocycles. The van der Waals surface area contributed by atoms with Crippen molar-refractivity contribution >= 4 is 17.2 Å². The molecule has 4 rings (SSSR count). The lowest BCUT2D eigenvalue weighted by molar-refractivity contribution is 0.0943. The molecule has 0 fully saturated rings. The molecule has 0 radical (unpaired) electrons. The molecule has 1 unspecified atom stereocenters. The van der Waals surface area contributed by atoms with Gasteiger partial charge >= 0.3 is 0 Å². The molecule has 0 aliphatic carbocycles. The number of ether oxygens (including phenoxy) is 1. The van der Waals surface area contributed by atoms with E-state index in [0.717, 1.165) is 16.3 Å². The fourth-order valence-corrected chi connectivity index (χ4v) is 3.83. The van der Waals surface area contributed by atoms with Gasteiger partial charge in [0.15, 0.2) is 0 Å². The van der Waals surface area contributed by atoms with Crippen LogP contribution >= 0.6 is 11.3 Å². The van der Waals surface area contributed by atoms with Gasteiger partial charge in [-0.1, -0.05) is 18.2 Å². The van der Waals surface area contributed by atoms with E-state index in [1.807, 2.05) is 35.3 Å². The van der Waals surface area contributed by atoms with Gasteiger partial charge < -0.3 is 14.6 Å². The molecule has 0 saturated heterocycles. The Hall–Kier alpha value is -3.45. The van der Waals surface area contributed by atoms with Gasteiger partial charge in [0, 0.05) is 29.9 Å². The third-order valence-corrected chi connectivity index (χ3v) is 5.65. The quantitative estimate of drug-likeness (QED) is 0.470. The number of rotatable bonds is 7. The average Bonchev–Trinajstić information content (AvgIpc) is 3.43. The monoisotopic (exact) mass is 421 g/mol. The minimum absolute atomic E-state index is 0.214. The number of imidazole rings is 1. The molecule has 1 N–H and O–H groups in total. The van der Waals surface area contributed by atoms with Gasteiger partial charge in [0.25, 0.3) is 5.91 Å². The summed E-state index contributed by atoms with van der Waals surface area (Å²) in [5, 5.41) is 5.00. The number of carbonyl (C=O) groups excluding carboxylic acids is 1. The predicted molar refractivity (Wildman–Crippen MR) is 114 cm³/mol. The second-order valence-electron chi connectivity index (χ2n) is 6.74. The fourth-order valence-electron chi connectivity index (χ4n) is 3.03. The number of hydrogen-bond acceptors (Lipinski definition) is 4. The van der Waals surface area contributed by atoms with E-state index in [1.165, 1.54) is 23.5 Å². The van der Waals surface area contributed by atoms with E-state index in [1.54, 1.807) is 42.6 Å². The van der Waals surface area contributed by atoms with Crippen molar-refractivity contribution in [2.75, 3.05) is 0 Å². The van der Waals surface area contributed by atoms with Crippen LogP contribution in [-0.2, 0) is 13.7 Å². The molecule has 30 heavy (non-hydrogen) atoms. The number of aromatic nitrogens is 2. The maximum Gasteiger partial charge on any atom is 0.252 e. The Labute approximate surface area is 177 Å². The Morgan fingerprint density at radius 2 is 1.93 bits per heavy atom. The lowest BCUT2D eigenvalue weighted by Crippen LogP contribution is -2.28.